The Morgan fingerprint density at radius 2 is 1.86 bits per heavy atom. The molecular weight excluding hydrogens is 381 g/mol. The number of benzene rings is 2. The molecule has 0 unspecified atom stereocenters. The van der Waals surface area contributed by atoms with Gasteiger partial charge < -0.3 is 14.8 Å². The number of hydrogen-bond acceptors (Lipinski definition) is 6. The van der Waals surface area contributed by atoms with E-state index in [9.17, 15) is 9.18 Å². The number of fused-ring (bicyclic) bond motifs is 1. The number of ether oxygens (including phenoxy) is 2. The van der Waals surface area contributed by atoms with Crippen molar-refractivity contribution < 1.29 is 18.7 Å². The molecule has 0 saturated heterocycles. The Balaban J connectivity index is 1.27. The molecule has 142 valence electrons. The highest BCUT2D eigenvalue weighted by molar-refractivity contribution is 7.99. The van der Waals surface area contributed by atoms with Crippen molar-refractivity contribution in [3.05, 3.63) is 66.0 Å². The maximum atomic E-state index is 13.0. The standard InChI is InChI=1S/C20H16FN3O3S/c21-15-4-2-14(3-5-15)16-6-8-20(24-23-16)28-11-19(25)22-10-13-1-7-17-18(9-13)27-12-26-17/h1-9H,10-12H2,(H,22,25). The number of amides is 1. The van der Waals surface area contributed by atoms with E-state index in [1.807, 2.05) is 18.2 Å². The molecule has 1 N–H and O–H groups in total. The number of nitrogens with zero attached hydrogens (tertiary/aromatic N) is 2. The Labute approximate surface area is 165 Å². The molecule has 0 atom stereocenters. The third-order valence-electron chi connectivity index (χ3n) is 4.06. The molecule has 6 nitrogen and oxygen atoms in total. The van der Waals surface area contributed by atoms with E-state index in [2.05, 4.69) is 15.5 Å². The van der Waals surface area contributed by atoms with Crippen LogP contribution in [-0.2, 0) is 11.3 Å². The number of halogens is 1. The lowest BCUT2D eigenvalue weighted by Gasteiger charge is -2.06. The zero-order valence-electron chi connectivity index (χ0n) is 14.7. The molecule has 8 heteroatoms. The van der Waals surface area contributed by atoms with Crippen molar-refractivity contribution in [3.63, 3.8) is 0 Å². The fourth-order valence-electron chi connectivity index (χ4n) is 2.61. The molecule has 0 aliphatic carbocycles. The molecule has 3 aromatic rings. The molecule has 28 heavy (non-hydrogen) atoms. The number of nitrogens with one attached hydrogen (secondary N) is 1. The molecular formula is C20H16FN3O3S. The SMILES string of the molecule is O=C(CSc1ccc(-c2ccc(F)cc2)nn1)NCc1ccc2c(c1)OCO2. The molecule has 1 amide bonds. The van der Waals surface area contributed by atoms with Crippen LogP contribution in [0.15, 0.2) is 59.6 Å². The minimum Gasteiger partial charge on any atom is -0.454 e. The van der Waals surface area contributed by atoms with Crippen LogP contribution in [0, 0.1) is 5.82 Å². The third kappa shape index (κ3) is 4.40. The van der Waals surface area contributed by atoms with Gasteiger partial charge in [0.15, 0.2) is 11.5 Å². The smallest absolute Gasteiger partial charge is 0.231 e. The van der Waals surface area contributed by atoms with Crippen molar-refractivity contribution in [1.29, 1.82) is 0 Å². The van der Waals surface area contributed by atoms with E-state index in [-0.39, 0.29) is 24.3 Å². The highest BCUT2D eigenvalue weighted by Crippen LogP contribution is 2.32. The topological polar surface area (TPSA) is 73.3 Å². The van der Waals surface area contributed by atoms with Crippen LogP contribution in [0.2, 0.25) is 0 Å². The predicted molar refractivity (Wildman–Crippen MR) is 103 cm³/mol. The minimum atomic E-state index is -0.296. The molecule has 0 spiro atoms. The second-order valence-electron chi connectivity index (χ2n) is 6.02. The number of rotatable bonds is 6. The van der Waals surface area contributed by atoms with Gasteiger partial charge in [-0.15, -0.1) is 10.2 Å². The molecule has 0 radical (unpaired) electrons. The molecule has 0 fully saturated rings. The van der Waals surface area contributed by atoms with Crippen molar-refractivity contribution in [2.75, 3.05) is 12.5 Å². The number of hydrogen-bond donors (Lipinski definition) is 1. The maximum absolute atomic E-state index is 13.0. The summed E-state index contributed by atoms with van der Waals surface area (Å²) >= 11 is 1.30. The normalized spacial score (nSPS) is 12.0. The Hall–Kier alpha value is -3.13. The lowest BCUT2D eigenvalue weighted by atomic mass is 10.1. The van der Waals surface area contributed by atoms with Gasteiger partial charge in [0.2, 0.25) is 12.7 Å². The fourth-order valence-corrected chi connectivity index (χ4v) is 3.26. The van der Waals surface area contributed by atoms with Gasteiger partial charge in [0.25, 0.3) is 0 Å². The minimum absolute atomic E-state index is 0.105. The third-order valence-corrected chi connectivity index (χ3v) is 4.98. The summed E-state index contributed by atoms with van der Waals surface area (Å²) in [5.41, 5.74) is 2.37. The summed E-state index contributed by atoms with van der Waals surface area (Å²) in [7, 11) is 0. The Morgan fingerprint density at radius 1 is 1.04 bits per heavy atom. The van der Waals surface area contributed by atoms with Crippen LogP contribution >= 0.6 is 11.8 Å². The Kier molecular flexibility index (Phi) is 5.38. The van der Waals surface area contributed by atoms with E-state index in [1.54, 1.807) is 24.3 Å². The van der Waals surface area contributed by atoms with Crippen molar-refractivity contribution in [1.82, 2.24) is 15.5 Å². The lowest BCUT2D eigenvalue weighted by Crippen LogP contribution is -2.24. The second-order valence-corrected chi connectivity index (χ2v) is 7.01. The van der Waals surface area contributed by atoms with Crippen molar-refractivity contribution in [3.8, 4) is 22.8 Å². The van der Waals surface area contributed by atoms with E-state index in [1.165, 1.54) is 23.9 Å². The maximum Gasteiger partial charge on any atom is 0.231 e. The van der Waals surface area contributed by atoms with Crippen LogP contribution in [0.5, 0.6) is 11.5 Å². The van der Waals surface area contributed by atoms with Gasteiger partial charge in [0.1, 0.15) is 10.8 Å². The van der Waals surface area contributed by atoms with Crippen LogP contribution in [-0.4, -0.2) is 28.7 Å². The van der Waals surface area contributed by atoms with Crippen LogP contribution in [0.25, 0.3) is 11.3 Å². The summed E-state index contributed by atoms with van der Waals surface area (Å²) < 4.78 is 23.6. The molecule has 4 rings (SSSR count). The molecule has 0 saturated carbocycles. The Bertz CT molecular complexity index is 981. The van der Waals surface area contributed by atoms with Crippen LogP contribution < -0.4 is 14.8 Å². The zero-order valence-corrected chi connectivity index (χ0v) is 15.5. The average Bonchev–Trinajstić information content (AvgIpc) is 3.19. The highest BCUT2D eigenvalue weighted by atomic mass is 32.2. The van der Waals surface area contributed by atoms with Crippen molar-refractivity contribution in [2.24, 2.45) is 0 Å². The van der Waals surface area contributed by atoms with E-state index >= 15 is 0 Å². The Morgan fingerprint density at radius 3 is 2.64 bits per heavy atom. The van der Waals surface area contributed by atoms with Crippen LogP contribution in [0.4, 0.5) is 4.39 Å². The fraction of sp³-hybridized carbons (Fsp3) is 0.150. The van der Waals surface area contributed by atoms with Crippen molar-refractivity contribution >= 4 is 17.7 Å². The van der Waals surface area contributed by atoms with Gasteiger partial charge in [-0.3, -0.25) is 4.79 Å². The first-order valence-electron chi connectivity index (χ1n) is 8.55. The number of aromatic nitrogens is 2. The van der Waals surface area contributed by atoms with Crippen LogP contribution in [0.3, 0.4) is 0 Å². The van der Waals surface area contributed by atoms with Gasteiger partial charge in [0.05, 0.1) is 11.4 Å². The number of carbonyl (C=O) groups is 1. The van der Waals surface area contributed by atoms with Crippen molar-refractivity contribution in [2.45, 2.75) is 11.6 Å². The van der Waals surface area contributed by atoms with E-state index < -0.39 is 0 Å². The second kappa shape index (κ2) is 8.26. The highest BCUT2D eigenvalue weighted by Gasteiger charge is 2.13. The van der Waals surface area contributed by atoms with Crippen LogP contribution in [0.1, 0.15) is 5.56 Å². The summed E-state index contributed by atoms with van der Waals surface area (Å²) in [6.07, 6.45) is 0. The monoisotopic (exact) mass is 397 g/mol. The summed E-state index contributed by atoms with van der Waals surface area (Å²) in [5.74, 6) is 1.24. The van der Waals surface area contributed by atoms with Gasteiger partial charge >= 0.3 is 0 Å². The lowest BCUT2D eigenvalue weighted by molar-refractivity contribution is -0.118. The average molecular weight is 397 g/mol. The van der Waals surface area contributed by atoms with Gasteiger partial charge in [-0.05, 0) is 54.1 Å². The first-order valence-corrected chi connectivity index (χ1v) is 9.54. The number of carbonyl (C=O) groups excluding carboxylic acids is 1. The molecule has 2 heterocycles. The largest absolute Gasteiger partial charge is 0.454 e. The first kappa shape index (κ1) is 18.2. The zero-order chi connectivity index (χ0) is 19.3. The first-order chi connectivity index (χ1) is 13.7. The van der Waals surface area contributed by atoms with Gasteiger partial charge in [-0.25, -0.2) is 4.39 Å². The molecule has 1 aliphatic rings. The number of thioether (sulfide) groups is 1. The predicted octanol–water partition coefficient (Wildman–Crippen LogP) is 3.42. The molecule has 2 aromatic carbocycles. The van der Waals surface area contributed by atoms with E-state index in [4.69, 9.17) is 9.47 Å². The molecule has 1 aromatic heterocycles. The summed E-state index contributed by atoms with van der Waals surface area (Å²) in [4.78, 5) is 12.1. The summed E-state index contributed by atoms with van der Waals surface area (Å²) in [6, 6.07) is 15.2. The molecule has 0 bridgehead atoms. The van der Waals surface area contributed by atoms with E-state index in [0.29, 0.717) is 28.8 Å². The quantitative estimate of drug-likeness (QED) is 0.643. The molecule has 1 aliphatic heterocycles. The van der Waals surface area contributed by atoms with E-state index in [0.717, 1.165) is 11.1 Å². The summed E-state index contributed by atoms with van der Waals surface area (Å²) in [6.45, 7) is 0.633. The van der Waals surface area contributed by atoms with Gasteiger partial charge in [-0.2, -0.15) is 0 Å². The van der Waals surface area contributed by atoms with Gasteiger partial charge in [0, 0.05) is 12.1 Å². The van der Waals surface area contributed by atoms with Gasteiger partial charge in [-0.1, -0.05) is 17.8 Å². The summed E-state index contributed by atoms with van der Waals surface area (Å²) in [5, 5.41) is 11.8.